The Morgan fingerprint density at radius 3 is 2.39 bits per heavy atom. The smallest absolute Gasteiger partial charge is 0.293 e. The third-order valence-corrected chi connectivity index (χ3v) is 6.98. The Morgan fingerprint density at radius 1 is 0.861 bits per heavy atom. The summed E-state index contributed by atoms with van der Waals surface area (Å²) in [5.41, 5.74) is 2.62. The van der Waals surface area contributed by atoms with Gasteiger partial charge in [-0.15, -0.1) is 0 Å². The largest absolute Gasteiger partial charge is 0.493 e. The van der Waals surface area contributed by atoms with Crippen molar-refractivity contribution < 1.29 is 19.1 Å². The van der Waals surface area contributed by atoms with Crippen LogP contribution in [-0.2, 0) is 17.9 Å². The van der Waals surface area contributed by atoms with E-state index in [1.807, 2.05) is 72.8 Å². The Bertz CT molecular complexity index is 1480. The molecule has 0 aromatic heterocycles. The molecule has 1 aliphatic heterocycles. The van der Waals surface area contributed by atoms with E-state index in [2.05, 4.69) is 0 Å². The average Bonchev–Trinajstić information content (AvgIpc) is 3.16. The molecule has 1 saturated heterocycles. The van der Waals surface area contributed by atoms with Crippen molar-refractivity contribution in [2.24, 2.45) is 0 Å². The zero-order valence-electron chi connectivity index (χ0n) is 19.4. The number of hydrogen-bond donors (Lipinski definition) is 0. The molecule has 4 aromatic rings. The van der Waals surface area contributed by atoms with Gasteiger partial charge in [0.15, 0.2) is 11.5 Å². The predicted molar refractivity (Wildman–Crippen MR) is 144 cm³/mol. The van der Waals surface area contributed by atoms with Crippen LogP contribution in [0.3, 0.4) is 0 Å². The van der Waals surface area contributed by atoms with Crippen molar-refractivity contribution in [3.63, 3.8) is 0 Å². The van der Waals surface area contributed by atoms with Crippen LogP contribution in [0.4, 0.5) is 4.79 Å². The highest BCUT2D eigenvalue weighted by Gasteiger charge is 2.35. The lowest BCUT2D eigenvalue weighted by Gasteiger charge is -2.13. The van der Waals surface area contributed by atoms with Crippen LogP contribution in [0.2, 0.25) is 5.02 Å². The number of fused-ring (bicyclic) bond motifs is 1. The maximum absolute atomic E-state index is 13.0. The first-order chi connectivity index (χ1) is 17.5. The zero-order chi connectivity index (χ0) is 25.1. The highest BCUT2D eigenvalue weighted by Crippen LogP contribution is 2.35. The zero-order valence-corrected chi connectivity index (χ0v) is 21.0. The third kappa shape index (κ3) is 5.25. The molecule has 1 heterocycles. The molecule has 0 N–H and O–H groups in total. The fraction of sp³-hybridized carbons (Fsp3) is 0.103. The molecule has 0 radical (unpaired) electrons. The van der Waals surface area contributed by atoms with Crippen molar-refractivity contribution in [1.29, 1.82) is 0 Å². The summed E-state index contributed by atoms with van der Waals surface area (Å²) >= 11 is 6.88. The molecule has 0 bridgehead atoms. The van der Waals surface area contributed by atoms with E-state index >= 15 is 0 Å². The van der Waals surface area contributed by atoms with Crippen LogP contribution >= 0.6 is 23.4 Å². The number of methoxy groups -OCH3 is 1. The second-order valence-corrected chi connectivity index (χ2v) is 9.70. The van der Waals surface area contributed by atoms with Crippen molar-refractivity contribution in [2.75, 3.05) is 7.11 Å². The summed E-state index contributed by atoms with van der Waals surface area (Å²) in [4.78, 5) is 27.3. The third-order valence-electron chi connectivity index (χ3n) is 5.82. The summed E-state index contributed by atoms with van der Waals surface area (Å²) in [6, 6.07) is 26.8. The molecule has 0 aliphatic carbocycles. The van der Waals surface area contributed by atoms with Crippen LogP contribution < -0.4 is 9.47 Å². The minimum Gasteiger partial charge on any atom is -0.493 e. The van der Waals surface area contributed by atoms with E-state index in [4.69, 9.17) is 21.1 Å². The van der Waals surface area contributed by atoms with Crippen molar-refractivity contribution >= 4 is 51.4 Å². The molecule has 0 spiro atoms. The van der Waals surface area contributed by atoms with Crippen LogP contribution in [0.5, 0.6) is 11.5 Å². The lowest BCUT2D eigenvalue weighted by atomic mass is 10.1. The molecule has 4 aromatic carbocycles. The molecule has 2 amide bonds. The van der Waals surface area contributed by atoms with E-state index in [-0.39, 0.29) is 17.7 Å². The molecule has 5 rings (SSSR count). The van der Waals surface area contributed by atoms with Gasteiger partial charge in [-0.25, -0.2) is 0 Å². The second-order valence-electron chi connectivity index (χ2n) is 8.27. The molecule has 0 unspecified atom stereocenters. The first-order valence-corrected chi connectivity index (χ1v) is 12.5. The van der Waals surface area contributed by atoms with Crippen molar-refractivity contribution in [1.82, 2.24) is 4.90 Å². The molecular weight excluding hydrogens is 494 g/mol. The van der Waals surface area contributed by atoms with Crippen LogP contribution in [0.25, 0.3) is 16.8 Å². The van der Waals surface area contributed by atoms with E-state index < -0.39 is 0 Å². The van der Waals surface area contributed by atoms with Gasteiger partial charge in [0.25, 0.3) is 11.1 Å². The second kappa shape index (κ2) is 10.5. The molecule has 36 heavy (non-hydrogen) atoms. The molecule has 1 aliphatic rings. The predicted octanol–water partition coefficient (Wildman–Crippen LogP) is 7.32. The monoisotopic (exact) mass is 515 g/mol. The summed E-state index contributed by atoms with van der Waals surface area (Å²) in [7, 11) is 1.56. The van der Waals surface area contributed by atoms with Gasteiger partial charge in [0.1, 0.15) is 6.61 Å². The Labute approximate surface area is 218 Å². The topological polar surface area (TPSA) is 55.8 Å². The lowest BCUT2D eigenvalue weighted by Crippen LogP contribution is -2.27. The van der Waals surface area contributed by atoms with E-state index in [1.54, 1.807) is 25.3 Å². The van der Waals surface area contributed by atoms with E-state index in [0.717, 1.165) is 39.2 Å². The van der Waals surface area contributed by atoms with E-state index in [1.165, 1.54) is 4.90 Å². The lowest BCUT2D eigenvalue weighted by molar-refractivity contribution is -0.123. The first-order valence-electron chi connectivity index (χ1n) is 11.3. The summed E-state index contributed by atoms with van der Waals surface area (Å²) in [6.07, 6.45) is 1.71. The number of nitrogens with zero attached hydrogens (tertiary/aromatic N) is 1. The van der Waals surface area contributed by atoms with Gasteiger partial charge in [0.2, 0.25) is 0 Å². The van der Waals surface area contributed by atoms with Gasteiger partial charge >= 0.3 is 0 Å². The Balaban J connectivity index is 1.30. The normalized spacial score (nSPS) is 14.6. The Kier molecular flexibility index (Phi) is 6.98. The number of rotatable bonds is 7. The van der Waals surface area contributed by atoms with Crippen LogP contribution in [-0.4, -0.2) is 23.2 Å². The highest BCUT2D eigenvalue weighted by atomic mass is 35.5. The van der Waals surface area contributed by atoms with E-state index in [9.17, 15) is 9.59 Å². The summed E-state index contributed by atoms with van der Waals surface area (Å²) in [5, 5.41) is 2.57. The average molecular weight is 516 g/mol. The number of ether oxygens (including phenoxy) is 2. The number of halogens is 1. The maximum atomic E-state index is 13.0. The quantitative estimate of drug-likeness (QED) is 0.241. The summed E-state index contributed by atoms with van der Waals surface area (Å²) in [5.74, 6) is 0.808. The molecule has 7 heteroatoms. The SMILES string of the molecule is COc1cc(/C=C2\SC(=O)N(Cc3ccc4ccccc4c3)C2=O)ccc1OCc1ccc(Cl)cc1. The first kappa shape index (κ1) is 24.0. The van der Waals surface area contributed by atoms with E-state index in [0.29, 0.717) is 28.0 Å². The number of benzene rings is 4. The van der Waals surface area contributed by atoms with Gasteiger partial charge in [0.05, 0.1) is 18.6 Å². The molecule has 1 fully saturated rings. The van der Waals surface area contributed by atoms with Gasteiger partial charge in [-0.05, 0) is 75.6 Å². The molecule has 5 nitrogen and oxygen atoms in total. The fourth-order valence-corrected chi connectivity index (χ4v) is 4.91. The molecular formula is C29H22ClNO4S. The van der Waals surface area contributed by atoms with Gasteiger partial charge in [0, 0.05) is 5.02 Å². The van der Waals surface area contributed by atoms with Gasteiger partial charge in [-0.3, -0.25) is 14.5 Å². The minimum absolute atomic E-state index is 0.230. The van der Waals surface area contributed by atoms with Gasteiger partial charge < -0.3 is 9.47 Å². The van der Waals surface area contributed by atoms with Crippen LogP contribution in [0.15, 0.2) is 89.8 Å². The Hall–Kier alpha value is -3.74. The fourth-order valence-electron chi connectivity index (χ4n) is 3.94. The number of hydrogen-bond acceptors (Lipinski definition) is 5. The Morgan fingerprint density at radius 2 is 1.61 bits per heavy atom. The number of amides is 2. The van der Waals surface area contributed by atoms with Gasteiger partial charge in [-0.1, -0.05) is 66.2 Å². The number of carbonyl (C=O) groups excluding carboxylic acids is 2. The van der Waals surface area contributed by atoms with Crippen LogP contribution in [0.1, 0.15) is 16.7 Å². The van der Waals surface area contributed by atoms with Crippen molar-refractivity contribution in [3.05, 3.63) is 112 Å². The molecule has 0 saturated carbocycles. The molecule has 180 valence electrons. The van der Waals surface area contributed by atoms with Gasteiger partial charge in [-0.2, -0.15) is 0 Å². The van der Waals surface area contributed by atoms with Crippen LogP contribution in [0, 0.1) is 0 Å². The minimum atomic E-state index is -0.305. The van der Waals surface area contributed by atoms with Crippen molar-refractivity contribution in [2.45, 2.75) is 13.2 Å². The maximum Gasteiger partial charge on any atom is 0.293 e. The van der Waals surface area contributed by atoms with Crippen molar-refractivity contribution in [3.8, 4) is 11.5 Å². The summed E-state index contributed by atoms with van der Waals surface area (Å²) in [6.45, 7) is 0.591. The standard InChI is InChI=1S/C29H22ClNO4S/c1-34-26-15-20(9-13-25(26)35-18-19-7-11-24(30)12-8-19)16-27-28(32)31(29(33)36-27)17-21-6-10-22-4-2-3-5-23(22)14-21/h2-16H,17-18H2,1H3/b27-16-. The number of carbonyl (C=O) groups is 2. The molecule has 0 atom stereocenters. The summed E-state index contributed by atoms with van der Waals surface area (Å²) < 4.78 is 11.4. The number of imide groups is 1. The highest BCUT2D eigenvalue weighted by molar-refractivity contribution is 8.18. The number of thioether (sulfide) groups is 1.